The molecule has 0 N–H and O–H groups in total. The molecule has 0 radical (unpaired) electrons. The number of hydrogen-bond acceptors (Lipinski definition) is 0. The molecule has 19 heavy (non-hydrogen) atoms. The Bertz CT molecular complexity index is 156. The van der Waals surface area contributed by atoms with Crippen LogP contribution >= 0.6 is 10.9 Å². The van der Waals surface area contributed by atoms with Gasteiger partial charge in [0.1, 0.15) is 0 Å². The van der Waals surface area contributed by atoms with Crippen LogP contribution < -0.4 is 0 Å². The van der Waals surface area contributed by atoms with E-state index in [4.69, 9.17) is 0 Å². The molecular weight excluding hydrogens is 248 g/mol. The highest BCUT2D eigenvalue weighted by atomic mass is 32.2. The summed E-state index contributed by atoms with van der Waals surface area (Å²) in [5.41, 5.74) is 0. The first-order valence-electron chi connectivity index (χ1n) is 9.07. The van der Waals surface area contributed by atoms with Crippen molar-refractivity contribution >= 4 is 10.9 Å². The van der Waals surface area contributed by atoms with Crippen molar-refractivity contribution in [2.75, 3.05) is 17.3 Å². The van der Waals surface area contributed by atoms with E-state index in [2.05, 4.69) is 20.8 Å². The first-order chi connectivity index (χ1) is 9.35. The molecule has 0 spiro atoms. The zero-order valence-electron chi connectivity index (χ0n) is 14.1. The van der Waals surface area contributed by atoms with E-state index in [9.17, 15) is 0 Å². The van der Waals surface area contributed by atoms with Crippen LogP contribution in [0, 0.1) is 0 Å². The number of rotatable bonds is 15. The maximum atomic E-state index is 2.34. The Balaban J connectivity index is 3.55. The monoisotopic (exact) mass is 288 g/mol. The molecule has 0 heterocycles. The third kappa shape index (κ3) is 14.6. The van der Waals surface area contributed by atoms with Crippen molar-refractivity contribution in [1.29, 1.82) is 0 Å². The van der Waals surface area contributed by atoms with Gasteiger partial charge in [-0.2, -0.15) is 0 Å². The van der Waals surface area contributed by atoms with Gasteiger partial charge in [0, 0.05) is 0 Å². The summed E-state index contributed by atoms with van der Waals surface area (Å²) in [6, 6.07) is 0. The van der Waals surface area contributed by atoms with Gasteiger partial charge in [-0.05, 0) is 36.5 Å². The van der Waals surface area contributed by atoms with Crippen LogP contribution in [0.4, 0.5) is 0 Å². The molecule has 0 aromatic rings. The first-order valence-corrected chi connectivity index (χ1v) is 11.0. The van der Waals surface area contributed by atoms with Gasteiger partial charge in [0.15, 0.2) is 0 Å². The summed E-state index contributed by atoms with van der Waals surface area (Å²) in [6.07, 6.45) is 17.5. The molecule has 0 aliphatic heterocycles. The van der Waals surface area contributed by atoms with E-state index in [1.54, 1.807) is 17.3 Å². The smallest absolute Gasteiger partial charge is 0.0253 e. The van der Waals surface area contributed by atoms with E-state index in [0.717, 1.165) is 0 Å². The second-order valence-electron chi connectivity index (χ2n) is 6.02. The fourth-order valence-corrected chi connectivity index (χ4v) is 5.37. The van der Waals surface area contributed by atoms with Gasteiger partial charge in [-0.25, -0.2) is 0 Å². The number of unbranched alkanes of at least 4 members (excludes halogenated alkanes) is 9. The first kappa shape index (κ1) is 19.4. The van der Waals surface area contributed by atoms with Crippen LogP contribution in [0.1, 0.15) is 97.8 Å². The van der Waals surface area contributed by atoms with Crippen molar-refractivity contribution in [3.8, 4) is 0 Å². The van der Waals surface area contributed by atoms with Crippen LogP contribution in [-0.2, 0) is 0 Å². The molecule has 0 aliphatic carbocycles. The molecule has 1 unspecified atom stereocenters. The van der Waals surface area contributed by atoms with Crippen molar-refractivity contribution < 1.29 is 0 Å². The molecule has 0 nitrogen and oxygen atoms in total. The largest absolute Gasteiger partial charge is 0.253 e. The normalized spacial score (nSPS) is 13.7. The summed E-state index contributed by atoms with van der Waals surface area (Å²) in [5.74, 6) is 4.71. The second-order valence-corrected chi connectivity index (χ2v) is 8.71. The van der Waals surface area contributed by atoms with Crippen molar-refractivity contribution in [2.24, 2.45) is 0 Å². The summed E-state index contributed by atoms with van der Waals surface area (Å²) in [7, 11) is 0.392. The molecule has 1 atom stereocenters. The van der Waals surface area contributed by atoms with Gasteiger partial charge in [-0.3, -0.25) is 10.9 Å². The van der Waals surface area contributed by atoms with Crippen LogP contribution in [-0.4, -0.2) is 17.3 Å². The second kappa shape index (κ2) is 16.4. The predicted octanol–water partition coefficient (Wildman–Crippen LogP) is 6.73. The number of thiol groups is 1. The van der Waals surface area contributed by atoms with Crippen LogP contribution in [0.3, 0.4) is 0 Å². The van der Waals surface area contributed by atoms with Crippen molar-refractivity contribution in [1.82, 2.24) is 0 Å². The highest BCUT2D eigenvalue weighted by Gasteiger charge is 2.03. The highest BCUT2D eigenvalue weighted by Crippen LogP contribution is 2.30. The maximum absolute atomic E-state index is 2.34. The molecule has 0 saturated heterocycles. The molecular formula is C18H40S. The average molecular weight is 289 g/mol. The van der Waals surface area contributed by atoms with Crippen molar-refractivity contribution in [3.63, 3.8) is 0 Å². The highest BCUT2D eigenvalue weighted by molar-refractivity contribution is 8.17. The molecule has 0 fully saturated rings. The Morgan fingerprint density at radius 2 is 0.789 bits per heavy atom. The van der Waals surface area contributed by atoms with Gasteiger partial charge >= 0.3 is 0 Å². The standard InChI is InChI=1S/C18H40S/c1-4-7-10-12-13-15-18-19(16-9-6-3)17-14-11-8-5-2/h19H,4-18H2,1-3H3. The Morgan fingerprint density at radius 1 is 0.421 bits per heavy atom. The van der Waals surface area contributed by atoms with Gasteiger partial charge in [-0.1, -0.05) is 78.6 Å². The van der Waals surface area contributed by atoms with Crippen molar-refractivity contribution in [2.45, 2.75) is 97.8 Å². The lowest BCUT2D eigenvalue weighted by Gasteiger charge is -2.21. The minimum absolute atomic E-state index is 0.392. The summed E-state index contributed by atoms with van der Waals surface area (Å²) in [4.78, 5) is 0. The van der Waals surface area contributed by atoms with E-state index in [1.807, 2.05) is 0 Å². The molecule has 0 aromatic heterocycles. The van der Waals surface area contributed by atoms with Gasteiger partial charge in [-0.15, -0.1) is 0 Å². The summed E-state index contributed by atoms with van der Waals surface area (Å²) >= 11 is 0. The van der Waals surface area contributed by atoms with Crippen LogP contribution in [0.25, 0.3) is 0 Å². The molecule has 0 aliphatic rings. The third-order valence-electron chi connectivity index (χ3n) is 3.98. The molecule has 0 rings (SSSR count). The minimum Gasteiger partial charge on any atom is -0.253 e. The Hall–Kier alpha value is 0.350. The molecule has 0 bridgehead atoms. The van der Waals surface area contributed by atoms with Gasteiger partial charge < -0.3 is 0 Å². The molecule has 1 heteroatoms. The Labute approximate surface area is 126 Å². The summed E-state index contributed by atoms with van der Waals surface area (Å²) < 4.78 is 0. The predicted molar refractivity (Wildman–Crippen MR) is 96.0 cm³/mol. The Morgan fingerprint density at radius 3 is 1.32 bits per heavy atom. The zero-order chi connectivity index (χ0) is 14.2. The lowest BCUT2D eigenvalue weighted by molar-refractivity contribution is 0.626. The summed E-state index contributed by atoms with van der Waals surface area (Å²) in [5, 5.41) is 0. The SMILES string of the molecule is CCCCCCCC[SH](CCCC)CCCCCC. The lowest BCUT2D eigenvalue weighted by atomic mass is 10.1. The summed E-state index contributed by atoms with van der Waals surface area (Å²) in [6.45, 7) is 6.96. The molecule has 0 aromatic carbocycles. The zero-order valence-corrected chi connectivity index (χ0v) is 14.9. The topological polar surface area (TPSA) is 0 Å². The van der Waals surface area contributed by atoms with E-state index in [1.165, 1.54) is 77.0 Å². The van der Waals surface area contributed by atoms with Crippen LogP contribution in [0.2, 0.25) is 0 Å². The molecule has 118 valence electrons. The number of hydrogen-bond donors (Lipinski definition) is 1. The van der Waals surface area contributed by atoms with E-state index in [0.29, 0.717) is 10.9 Å². The van der Waals surface area contributed by atoms with Crippen LogP contribution in [0.15, 0.2) is 0 Å². The quantitative estimate of drug-likeness (QED) is 0.251. The fraction of sp³-hybridized carbons (Fsp3) is 1.00. The van der Waals surface area contributed by atoms with Crippen molar-refractivity contribution in [3.05, 3.63) is 0 Å². The Kier molecular flexibility index (Phi) is 16.7. The molecule has 0 saturated carbocycles. The van der Waals surface area contributed by atoms with E-state index < -0.39 is 0 Å². The van der Waals surface area contributed by atoms with Crippen LogP contribution in [0.5, 0.6) is 0 Å². The minimum atomic E-state index is 0.392. The van der Waals surface area contributed by atoms with Gasteiger partial charge in [0.05, 0.1) is 0 Å². The lowest BCUT2D eigenvalue weighted by Crippen LogP contribution is -2.00. The van der Waals surface area contributed by atoms with E-state index >= 15 is 0 Å². The van der Waals surface area contributed by atoms with Gasteiger partial charge in [0.25, 0.3) is 0 Å². The average Bonchev–Trinajstić information content (AvgIpc) is 2.43. The van der Waals surface area contributed by atoms with Gasteiger partial charge in [0.2, 0.25) is 0 Å². The fourth-order valence-electron chi connectivity index (χ4n) is 2.60. The maximum Gasteiger partial charge on any atom is -0.0253 e. The third-order valence-corrected chi connectivity index (χ3v) is 6.83. The van der Waals surface area contributed by atoms with E-state index in [-0.39, 0.29) is 0 Å². The molecule has 0 amide bonds.